The molecular formula is C19H23FN2O3S. The second-order valence-electron chi connectivity index (χ2n) is 7.09. The van der Waals surface area contributed by atoms with Gasteiger partial charge in [-0.2, -0.15) is 0 Å². The summed E-state index contributed by atoms with van der Waals surface area (Å²) in [6.07, 6.45) is 2.02. The number of nitrogens with zero attached hydrogens (tertiary/aromatic N) is 1. The van der Waals surface area contributed by atoms with Gasteiger partial charge in [0.1, 0.15) is 12.4 Å². The van der Waals surface area contributed by atoms with Gasteiger partial charge in [0.05, 0.1) is 10.8 Å². The number of nitrogens with one attached hydrogen (secondary N) is 1. The maximum Gasteiger partial charge on any atom is 0.240 e. The van der Waals surface area contributed by atoms with Gasteiger partial charge in [-0.1, -0.05) is 44.7 Å². The van der Waals surface area contributed by atoms with Crippen LogP contribution in [-0.4, -0.2) is 41.3 Å². The van der Waals surface area contributed by atoms with E-state index >= 15 is 0 Å². The second-order valence-corrected chi connectivity index (χ2v) is 8.09. The molecule has 0 spiro atoms. The lowest BCUT2D eigenvalue weighted by Crippen LogP contribution is -2.38. The van der Waals surface area contributed by atoms with Crippen molar-refractivity contribution in [2.45, 2.75) is 27.2 Å². The predicted molar refractivity (Wildman–Crippen MR) is 99.8 cm³/mol. The average Bonchev–Trinajstić information content (AvgIpc) is 2.89. The molecule has 0 unspecified atom stereocenters. The van der Waals surface area contributed by atoms with E-state index in [2.05, 4.69) is 5.32 Å². The van der Waals surface area contributed by atoms with Gasteiger partial charge < -0.3 is 5.32 Å². The van der Waals surface area contributed by atoms with Crippen molar-refractivity contribution in [3.05, 3.63) is 46.8 Å². The predicted octanol–water partition coefficient (Wildman–Crippen LogP) is 2.52. The SMILES string of the molecule is CC(C)(C)C(=O)/C=C1\SCC(=O)N1CC(=O)NCCc1ccc(F)cc1. The van der Waals surface area contributed by atoms with Crippen LogP contribution in [0.4, 0.5) is 4.39 Å². The molecule has 1 aliphatic rings. The van der Waals surface area contributed by atoms with Crippen molar-refractivity contribution in [1.82, 2.24) is 10.2 Å². The normalized spacial score (nSPS) is 16.2. The highest BCUT2D eigenvalue weighted by Gasteiger charge is 2.30. The van der Waals surface area contributed by atoms with Gasteiger partial charge in [-0.3, -0.25) is 19.3 Å². The third-order valence-corrected chi connectivity index (χ3v) is 4.88. The monoisotopic (exact) mass is 378 g/mol. The lowest BCUT2D eigenvalue weighted by molar-refractivity contribution is -0.131. The van der Waals surface area contributed by atoms with Crippen molar-refractivity contribution >= 4 is 29.4 Å². The van der Waals surface area contributed by atoms with Gasteiger partial charge in [0, 0.05) is 18.0 Å². The average molecular weight is 378 g/mol. The van der Waals surface area contributed by atoms with Gasteiger partial charge in [0.15, 0.2) is 5.78 Å². The van der Waals surface area contributed by atoms with Crippen LogP contribution < -0.4 is 5.32 Å². The van der Waals surface area contributed by atoms with Crippen molar-refractivity contribution in [2.24, 2.45) is 5.41 Å². The van der Waals surface area contributed by atoms with E-state index in [1.165, 1.54) is 34.9 Å². The summed E-state index contributed by atoms with van der Waals surface area (Å²) in [4.78, 5) is 37.7. The summed E-state index contributed by atoms with van der Waals surface area (Å²) < 4.78 is 12.9. The summed E-state index contributed by atoms with van der Waals surface area (Å²) in [7, 11) is 0. The molecule has 26 heavy (non-hydrogen) atoms. The second kappa shape index (κ2) is 8.49. The van der Waals surface area contributed by atoms with E-state index in [1.54, 1.807) is 32.9 Å². The molecule has 1 heterocycles. The minimum absolute atomic E-state index is 0.0867. The maximum atomic E-state index is 12.9. The van der Waals surface area contributed by atoms with Gasteiger partial charge in [-0.15, -0.1) is 0 Å². The zero-order chi connectivity index (χ0) is 19.3. The van der Waals surface area contributed by atoms with Crippen molar-refractivity contribution in [3.8, 4) is 0 Å². The number of thioether (sulfide) groups is 1. The van der Waals surface area contributed by atoms with Crippen LogP contribution in [0.25, 0.3) is 0 Å². The topological polar surface area (TPSA) is 66.5 Å². The molecule has 0 atom stereocenters. The molecule has 0 aromatic heterocycles. The number of benzene rings is 1. The number of ketones is 1. The zero-order valence-electron chi connectivity index (χ0n) is 15.2. The van der Waals surface area contributed by atoms with Gasteiger partial charge in [0.2, 0.25) is 11.8 Å². The minimum atomic E-state index is -0.539. The smallest absolute Gasteiger partial charge is 0.240 e. The molecule has 1 fully saturated rings. The lowest BCUT2D eigenvalue weighted by Gasteiger charge is -2.19. The number of carbonyl (C=O) groups excluding carboxylic acids is 3. The Hall–Kier alpha value is -2.15. The number of carbonyl (C=O) groups is 3. The van der Waals surface area contributed by atoms with E-state index in [9.17, 15) is 18.8 Å². The Morgan fingerprint density at radius 2 is 1.92 bits per heavy atom. The molecule has 0 bridgehead atoms. The summed E-state index contributed by atoms with van der Waals surface area (Å²) in [5.74, 6) is -0.636. The molecule has 0 saturated carbocycles. The van der Waals surface area contributed by atoms with Crippen LogP contribution in [0.1, 0.15) is 26.3 Å². The molecule has 140 valence electrons. The fourth-order valence-corrected chi connectivity index (χ4v) is 3.17. The van der Waals surface area contributed by atoms with Crippen molar-refractivity contribution in [1.29, 1.82) is 0 Å². The van der Waals surface area contributed by atoms with Crippen LogP contribution >= 0.6 is 11.8 Å². The van der Waals surface area contributed by atoms with Crippen molar-refractivity contribution < 1.29 is 18.8 Å². The van der Waals surface area contributed by atoms with Crippen LogP contribution in [0.3, 0.4) is 0 Å². The van der Waals surface area contributed by atoms with Gasteiger partial charge in [-0.25, -0.2) is 4.39 Å². The third-order valence-electron chi connectivity index (χ3n) is 3.86. The van der Waals surface area contributed by atoms with Crippen LogP contribution in [-0.2, 0) is 20.8 Å². The van der Waals surface area contributed by atoms with E-state index < -0.39 is 5.41 Å². The highest BCUT2D eigenvalue weighted by Crippen LogP contribution is 2.30. The highest BCUT2D eigenvalue weighted by molar-refractivity contribution is 8.04. The van der Waals surface area contributed by atoms with Gasteiger partial charge in [-0.05, 0) is 24.1 Å². The molecule has 1 aliphatic heterocycles. The standard InChI is InChI=1S/C19H23FN2O3S/c1-19(2,3)15(23)10-18-22(17(25)12-26-18)11-16(24)21-9-8-13-4-6-14(20)7-5-13/h4-7,10H,8-9,11-12H2,1-3H3,(H,21,24)/b18-10-. The molecular weight excluding hydrogens is 355 g/mol. The van der Waals surface area contributed by atoms with E-state index in [-0.39, 0.29) is 35.7 Å². The highest BCUT2D eigenvalue weighted by atomic mass is 32.2. The molecule has 2 rings (SSSR count). The number of hydrogen-bond acceptors (Lipinski definition) is 4. The minimum Gasteiger partial charge on any atom is -0.354 e. The first-order chi connectivity index (χ1) is 12.2. The Morgan fingerprint density at radius 3 is 2.54 bits per heavy atom. The molecule has 7 heteroatoms. The number of allylic oxidation sites excluding steroid dienone is 1. The summed E-state index contributed by atoms with van der Waals surface area (Å²) in [6.45, 7) is 5.69. The molecule has 1 N–H and O–H groups in total. The quantitative estimate of drug-likeness (QED) is 0.773. The fourth-order valence-electron chi connectivity index (χ4n) is 2.23. The van der Waals surface area contributed by atoms with Gasteiger partial charge >= 0.3 is 0 Å². The summed E-state index contributed by atoms with van der Waals surface area (Å²) >= 11 is 1.27. The Bertz CT molecular complexity index is 723. The zero-order valence-corrected chi connectivity index (χ0v) is 16.0. The Kier molecular flexibility index (Phi) is 6.58. The first-order valence-corrected chi connectivity index (χ1v) is 9.36. The molecule has 5 nitrogen and oxygen atoms in total. The van der Waals surface area contributed by atoms with Crippen LogP contribution in [0.15, 0.2) is 35.4 Å². The Labute approximate surface area is 157 Å². The molecule has 1 aromatic rings. The summed E-state index contributed by atoms with van der Waals surface area (Å²) in [6, 6.07) is 6.09. The first kappa shape index (κ1) is 20.2. The van der Waals surface area contributed by atoms with E-state index in [4.69, 9.17) is 0 Å². The first-order valence-electron chi connectivity index (χ1n) is 8.37. The molecule has 2 amide bonds. The van der Waals surface area contributed by atoms with Crippen LogP contribution in [0.5, 0.6) is 0 Å². The largest absolute Gasteiger partial charge is 0.354 e. The van der Waals surface area contributed by atoms with Crippen molar-refractivity contribution in [2.75, 3.05) is 18.8 Å². The van der Waals surface area contributed by atoms with Gasteiger partial charge in [0.25, 0.3) is 0 Å². The number of amides is 2. The number of rotatable bonds is 6. The third kappa shape index (κ3) is 5.69. The Morgan fingerprint density at radius 1 is 1.27 bits per heavy atom. The van der Waals surface area contributed by atoms with E-state index in [0.29, 0.717) is 18.0 Å². The molecule has 0 aliphatic carbocycles. The summed E-state index contributed by atoms with van der Waals surface area (Å²) in [5.41, 5.74) is 0.373. The lowest BCUT2D eigenvalue weighted by atomic mass is 9.91. The van der Waals surface area contributed by atoms with Crippen LogP contribution in [0, 0.1) is 11.2 Å². The molecule has 1 saturated heterocycles. The Balaban J connectivity index is 1.89. The number of hydrogen-bond donors (Lipinski definition) is 1. The van der Waals surface area contributed by atoms with Crippen LogP contribution in [0.2, 0.25) is 0 Å². The van der Waals surface area contributed by atoms with E-state index in [1.807, 2.05) is 0 Å². The molecule has 0 radical (unpaired) electrons. The number of halogens is 1. The maximum absolute atomic E-state index is 12.9. The molecule has 1 aromatic carbocycles. The fraction of sp³-hybridized carbons (Fsp3) is 0.421. The van der Waals surface area contributed by atoms with E-state index in [0.717, 1.165) is 5.56 Å². The summed E-state index contributed by atoms with van der Waals surface area (Å²) in [5, 5.41) is 3.27. The van der Waals surface area contributed by atoms with Crippen molar-refractivity contribution in [3.63, 3.8) is 0 Å².